The minimum absolute atomic E-state index is 0.00430. The van der Waals surface area contributed by atoms with Crippen LogP contribution in [0.3, 0.4) is 0 Å². The van der Waals surface area contributed by atoms with Crippen LogP contribution in [0, 0.1) is 0 Å². The van der Waals surface area contributed by atoms with Gasteiger partial charge in [-0.3, -0.25) is 9.59 Å². The number of rotatable bonds is 7. The molecule has 11 heteroatoms. The van der Waals surface area contributed by atoms with Crippen LogP contribution in [0.25, 0.3) is 0 Å². The van der Waals surface area contributed by atoms with E-state index in [0.29, 0.717) is 45.2 Å². The van der Waals surface area contributed by atoms with Crippen molar-refractivity contribution in [2.75, 3.05) is 44.2 Å². The number of carbonyl (C=O) groups is 1. The van der Waals surface area contributed by atoms with Crippen LogP contribution < -0.4 is 10.5 Å². The summed E-state index contributed by atoms with van der Waals surface area (Å²) in [5.41, 5.74) is -0.418. The van der Waals surface area contributed by atoms with Gasteiger partial charge in [-0.05, 0) is 12.1 Å². The molecule has 0 spiro atoms. The van der Waals surface area contributed by atoms with E-state index in [9.17, 15) is 18.0 Å². The second-order valence-electron chi connectivity index (χ2n) is 6.84. The predicted octanol–water partition coefficient (Wildman–Crippen LogP) is 0.0176. The number of sulfonamides is 1. The summed E-state index contributed by atoms with van der Waals surface area (Å²) in [5, 5.41) is 0. The Morgan fingerprint density at radius 2 is 1.70 bits per heavy atom. The van der Waals surface area contributed by atoms with Crippen LogP contribution in [-0.2, 0) is 21.4 Å². The van der Waals surface area contributed by atoms with Gasteiger partial charge in [0, 0.05) is 63.9 Å². The fourth-order valence-corrected chi connectivity index (χ4v) is 4.83. The first-order valence-electron chi connectivity index (χ1n) is 9.87. The maximum atomic E-state index is 12.7. The van der Waals surface area contributed by atoms with Crippen molar-refractivity contribution in [2.45, 2.75) is 25.3 Å². The molecule has 2 aromatic heterocycles. The highest BCUT2D eigenvalue weighted by atomic mass is 32.2. The summed E-state index contributed by atoms with van der Waals surface area (Å²) in [6.07, 6.45) is 4.60. The Morgan fingerprint density at radius 1 is 1.07 bits per heavy atom. The van der Waals surface area contributed by atoms with Gasteiger partial charge in [0.2, 0.25) is 21.9 Å². The molecule has 0 atom stereocenters. The number of anilines is 1. The zero-order valence-corrected chi connectivity index (χ0v) is 18.0. The SMILES string of the molecule is CCN(CC)S(=O)(=O)c1ccc(=O)n(CC(=O)N2CCN(c3ncccn3)CC2)c1. The van der Waals surface area contributed by atoms with E-state index in [-0.39, 0.29) is 17.3 Å². The summed E-state index contributed by atoms with van der Waals surface area (Å²) in [6.45, 7) is 6.07. The summed E-state index contributed by atoms with van der Waals surface area (Å²) in [7, 11) is -3.71. The monoisotopic (exact) mass is 434 g/mol. The molecule has 0 bridgehead atoms. The van der Waals surface area contributed by atoms with Crippen LogP contribution in [0.4, 0.5) is 5.95 Å². The lowest BCUT2D eigenvalue weighted by Crippen LogP contribution is -2.50. The van der Waals surface area contributed by atoms with Gasteiger partial charge in [0.1, 0.15) is 6.54 Å². The lowest BCUT2D eigenvalue weighted by molar-refractivity contribution is -0.132. The Bertz CT molecular complexity index is 1030. The normalized spacial score (nSPS) is 14.9. The Labute approximate surface area is 175 Å². The van der Waals surface area contributed by atoms with Crippen molar-refractivity contribution in [2.24, 2.45) is 0 Å². The van der Waals surface area contributed by atoms with Crippen molar-refractivity contribution < 1.29 is 13.2 Å². The quantitative estimate of drug-likeness (QED) is 0.604. The molecule has 30 heavy (non-hydrogen) atoms. The summed E-state index contributed by atoms with van der Waals surface area (Å²) in [4.78, 5) is 37.0. The topological polar surface area (TPSA) is 109 Å². The van der Waals surface area contributed by atoms with Crippen molar-refractivity contribution in [3.8, 4) is 0 Å². The molecular formula is C19H26N6O4S. The molecular weight excluding hydrogens is 408 g/mol. The number of aromatic nitrogens is 3. The summed E-state index contributed by atoms with van der Waals surface area (Å²) in [6, 6.07) is 4.22. The molecule has 1 aliphatic heterocycles. The Morgan fingerprint density at radius 3 is 2.30 bits per heavy atom. The van der Waals surface area contributed by atoms with Gasteiger partial charge in [0.25, 0.3) is 5.56 Å². The summed E-state index contributed by atoms with van der Waals surface area (Å²) in [5.74, 6) is 0.387. The molecule has 3 heterocycles. The second kappa shape index (κ2) is 9.35. The van der Waals surface area contributed by atoms with E-state index in [1.54, 1.807) is 37.2 Å². The van der Waals surface area contributed by atoms with Crippen LogP contribution in [0.15, 0.2) is 46.5 Å². The van der Waals surface area contributed by atoms with Gasteiger partial charge in [-0.1, -0.05) is 13.8 Å². The van der Waals surface area contributed by atoms with Gasteiger partial charge in [-0.2, -0.15) is 4.31 Å². The predicted molar refractivity (Wildman–Crippen MR) is 112 cm³/mol. The molecule has 0 N–H and O–H groups in total. The maximum Gasteiger partial charge on any atom is 0.251 e. The number of hydrogen-bond donors (Lipinski definition) is 0. The summed E-state index contributed by atoms with van der Waals surface area (Å²) >= 11 is 0. The standard InChI is InChI=1S/C19H26N6O4S/c1-3-25(4-2)30(28,29)16-6-7-17(26)24(14-16)15-18(27)22-10-12-23(13-11-22)19-20-8-5-9-21-19/h5-9,14H,3-4,10-13,15H2,1-2H3. The number of nitrogens with zero attached hydrogens (tertiary/aromatic N) is 6. The van der Waals surface area contributed by atoms with E-state index in [2.05, 4.69) is 9.97 Å². The van der Waals surface area contributed by atoms with Crippen LogP contribution in [0.5, 0.6) is 0 Å². The van der Waals surface area contributed by atoms with Crippen LogP contribution in [0.1, 0.15) is 13.8 Å². The molecule has 3 rings (SSSR count). The fraction of sp³-hybridized carbons (Fsp3) is 0.474. The van der Waals surface area contributed by atoms with E-state index in [0.717, 1.165) is 4.57 Å². The lowest BCUT2D eigenvalue weighted by Gasteiger charge is -2.34. The molecule has 1 amide bonds. The molecule has 162 valence electrons. The molecule has 0 saturated carbocycles. The van der Waals surface area contributed by atoms with Gasteiger partial charge in [-0.25, -0.2) is 18.4 Å². The lowest BCUT2D eigenvalue weighted by atomic mass is 10.3. The van der Waals surface area contributed by atoms with E-state index in [1.807, 2.05) is 4.90 Å². The van der Waals surface area contributed by atoms with Gasteiger partial charge in [-0.15, -0.1) is 0 Å². The third kappa shape index (κ3) is 4.68. The van der Waals surface area contributed by atoms with Crippen molar-refractivity contribution in [3.05, 3.63) is 47.1 Å². The Kier molecular flexibility index (Phi) is 6.83. The van der Waals surface area contributed by atoms with Gasteiger partial charge in [0.15, 0.2) is 0 Å². The molecule has 1 fully saturated rings. The minimum Gasteiger partial charge on any atom is -0.338 e. The molecule has 0 radical (unpaired) electrons. The molecule has 0 aromatic carbocycles. The van der Waals surface area contributed by atoms with Crippen LogP contribution in [-0.4, -0.2) is 77.3 Å². The Balaban J connectivity index is 1.69. The molecule has 0 aliphatic carbocycles. The number of pyridine rings is 1. The van der Waals surface area contributed by atoms with E-state index in [4.69, 9.17) is 0 Å². The second-order valence-corrected chi connectivity index (χ2v) is 8.77. The van der Waals surface area contributed by atoms with Crippen LogP contribution >= 0.6 is 0 Å². The zero-order valence-electron chi connectivity index (χ0n) is 17.1. The fourth-order valence-electron chi connectivity index (χ4n) is 3.35. The van der Waals surface area contributed by atoms with Gasteiger partial charge < -0.3 is 14.4 Å². The number of carbonyl (C=O) groups excluding carboxylic acids is 1. The smallest absolute Gasteiger partial charge is 0.251 e. The number of hydrogen-bond acceptors (Lipinski definition) is 7. The molecule has 10 nitrogen and oxygen atoms in total. The highest BCUT2D eigenvalue weighted by Crippen LogP contribution is 2.14. The van der Waals surface area contributed by atoms with Crippen molar-refractivity contribution in [3.63, 3.8) is 0 Å². The minimum atomic E-state index is -3.71. The van der Waals surface area contributed by atoms with Gasteiger partial charge in [0.05, 0.1) is 4.90 Å². The average Bonchev–Trinajstić information content (AvgIpc) is 2.76. The van der Waals surface area contributed by atoms with Crippen molar-refractivity contribution in [1.29, 1.82) is 0 Å². The largest absolute Gasteiger partial charge is 0.338 e. The van der Waals surface area contributed by atoms with Gasteiger partial charge >= 0.3 is 0 Å². The third-order valence-corrected chi connectivity index (χ3v) is 7.11. The summed E-state index contributed by atoms with van der Waals surface area (Å²) < 4.78 is 27.9. The average molecular weight is 435 g/mol. The molecule has 1 saturated heterocycles. The third-order valence-electron chi connectivity index (χ3n) is 5.07. The van der Waals surface area contributed by atoms with E-state index >= 15 is 0 Å². The van der Waals surface area contributed by atoms with Crippen molar-refractivity contribution in [1.82, 2.24) is 23.7 Å². The highest BCUT2D eigenvalue weighted by molar-refractivity contribution is 7.89. The number of amides is 1. The van der Waals surface area contributed by atoms with E-state index < -0.39 is 15.6 Å². The maximum absolute atomic E-state index is 12.7. The van der Waals surface area contributed by atoms with Crippen LogP contribution in [0.2, 0.25) is 0 Å². The highest BCUT2D eigenvalue weighted by Gasteiger charge is 2.25. The molecule has 1 aliphatic rings. The first-order valence-corrected chi connectivity index (χ1v) is 11.3. The van der Waals surface area contributed by atoms with Crippen molar-refractivity contribution >= 4 is 21.9 Å². The molecule has 0 unspecified atom stereocenters. The van der Waals surface area contributed by atoms with E-state index in [1.165, 1.54) is 22.6 Å². The number of piperazine rings is 1. The first kappa shape index (κ1) is 21.9. The zero-order chi connectivity index (χ0) is 21.7. The molecule has 2 aromatic rings. The first-order chi connectivity index (χ1) is 14.4. The Hall–Kier alpha value is -2.79.